The van der Waals surface area contributed by atoms with Gasteiger partial charge in [0.05, 0.1) is 13.2 Å². The van der Waals surface area contributed by atoms with E-state index < -0.39 is 6.03 Å². The lowest BCUT2D eigenvalue weighted by Gasteiger charge is -2.24. The maximum atomic E-state index is 11.7. The van der Waals surface area contributed by atoms with Gasteiger partial charge in [0, 0.05) is 12.6 Å². The maximum absolute atomic E-state index is 11.7. The molecule has 0 aromatic heterocycles. The summed E-state index contributed by atoms with van der Waals surface area (Å²) >= 11 is 0. The summed E-state index contributed by atoms with van der Waals surface area (Å²) in [6.07, 6.45) is 0.970. The van der Waals surface area contributed by atoms with Gasteiger partial charge in [0.2, 0.25) is 5.91 Å². The van der Waals surface area contributed by atoms with Crippen LogP contribution in [0.4, 0.5) is 4.79 Å². The normalized spacial score (nSPS) is 23.6. The first-order valence-corrected chi connectivity index (χ1v) is 6.86. The van der Waals surface area contributed by atoms with Gasteiger partial charge in [-0.3, -0.25) is 15.0 Å². The van der Waals surface area contributed by atoms with E-state index in [1.807, 2.05) is 18.7 Å². The van der Waals surface area contributed by atoms with E-state index in [2.05, 4.69) is 17.6 Å². The number of aliphatic hydroxyl groups excluding tert-OH is 1. The molecule has 3 amide bonds. The molecule has 1 heterocycles. The van der Waals surface area contributed by atoms with Crippen LogP contribution in [0.25, 0.3) is 0 Å². The van der Waals surface area contributed by atoms with Gasteiger partial charge in [-0.1, -0.05) is 20.8 Å². The van der Waals surface area contributed by atoms with Crippen molar-refractivity contribution in [2.75, 3.05) is 26.2 Å². The molecule has 1 aliphatic heterocycles. The van der Waals surface area contributed by atoms with Crippen LogP contribution in [0.5, 0.6) is 0 Å². The molecule has 6 nitrogen and oxygen atoms in total. The molecule has 0 saturated carbocycles. The van der Waals surface area contributed by atoms with Gasteiger partial charge in [0.1, 0.15) is 0 Å². The molecular formula is C13H25N3O3. The van der Waals surface area contributed by atoms with Crippen LogP contribution in [0, 0.1) is 11.8 Å². The number of carbonyl (C=O) groups is 2. The number of hydrogen-bond acceptors (Lipinski definition) is 4. The molecule has 1 fully saturated rings. The molecular weight excluding hydrogens is 246 g/mol. The van der Waals surface area contributed by atoms with Gasteiger partial charge < -0.3 is 10.4 Å². The van der Waals surface area contributed by atoms with Crippen LogP contribution >= 0.6 is 0 Å². The molecule has 0 spiro atoms. The SMILES string of the molecule is CC(C)CNC(=O)NC(=O)CN1CCC(C)C1CO. The summed E-state index contributed by atoms with van der Waals surface area (Å²) in [7, 11) is 0. The average molecular weight is 271 g/mol. The van der Waals surface area contributed by atoms with Crippen LogP contribution in [0.3, 0.4) is 0 Å². The topological polar surface area (TPSA) is 81.7 Å². The van der Waals surface area contributed by atoms with Crippen LogP contribution in [0.1, 0.15) is 27.2 Å². The first-order valence-electron chi connectivity index (χ1n) is 6.86. The number of rotatable bonds is 5. The number of hydrogen-bond donors (Lipinski definition) is 3. The molecule has 0 radical (unpaired) electrons. The fourth-order valence-electron chi connectivity index (χ4n) is 2.27. The van der Waals surface area contributed by atoms with E-state index in [9.17, 15) is 14.7 Å². The Morgan fingerprint density at radius 1 is 1.42 bits per heavy atom. The van der Waals surface area contributed by atoms with Gasteiger partial charge >= 0.3 is 6.03 Å². The Balaban J connectivity index is 2.33. The fraction of sp³-hybridized carbons (Fsp3) is 0.846. The fourth-order valence-corrected chi connectivity index (χ4v) is 2.27. The molecule has 0 aromatic carbocycles. The smallest absolute Gasteiger partial charge is 0.321 e. The second-order valence-electron chi connectivity index (χ2n) is 5.64. The van der Waals surface area contributed by atoms with Crippen molar-refractivity contribution < 1.29 is 14.7 Å². The second-order valence-corrected chi connectivity index (χ2v) is 5.64. The highest BCUT2D eigenvalue weighted by Gasteiger charge is 2.31. The Labute approximate surface area is 114 Å². The Kier molecular flexibility index (Phi) is 6.24. The second kappa shape index (κ2) is 7.45. The lowest BCUT2D eigenvalue weighted by Crippen LogP contribution is -2.47. The number of nitrogens with one attached hydrogen (secondary N) is 2. The van der Waals surface area contributed by atoms with Gasteiger partial charge in [-0.15, -0.1) is 0 Å². The molecule has 2 unspecified atom stereocenters. The first-order chi connectivity index (χ1) is 8.93. The Bertz CT molecular complexity index is 320. The third-order valence-electron chi connectivity index (χ3n) is 3.46. The molecule has 1 aliphatic rings. The van der Waals surface area contributed by atoms with Crippen LogP contribution in [-0.2, 0) is 4.79 Å². The summed E-state index contributed by atoms with van der Waals surface area (Å²) in [6, 6.07) is -0.434. The van der Waals surface area contributed by atoms with Crippen molar-refractivity contribution in [1.29, 1.82) is 0 Å². The number of nitrogens with zero attached hydrogens (tertiary/aromatic N) is 1. The Morgan fingerprint density at radius 2 is 2.11 bits per heavy atom. The number of aliphatic hydroxyl groups is 1. The zero-order chi connectivity index (χ0) is 14.4. The predicted octanol–water partition coefficient (Wildman–Crippen LogP) is 0.171. The zero-order valence-electron chi connectivity index (χ0n) is 12.0. The summed E-state index contributed by atoms with van der Waals surface area (Å²) in [5, 5.41) is 14.2. The van der Waals surface area contributed by atoms with E-state index in [1.165, 1.54) is 0 Å². The van der Waals surface area contributed by atoms with Crippen LogP contribution in [-0.4, -0.2) is 54.2 Å². The van der Waals surface area contributed by atoms with Crippen molar-refractivity contribution in [1.82, 2.24) is 15.5 Å². The lowest BCUT2D eigenvalue weighted by molar-refractivity contribution is -0.121. The predicted molar refractivity (Wildman–Crippen MR) is 72.6 cm³/mol. The zero-order valence-corrected chi connectivity index (χ0v) is 12.0. The van der Waals surface area contributed by atoms with Crippen LogP contribution in [0.15, 0.2) is 0 Å². The van der Waals surface area contributed by atoms with Crippen molar-refractivity contribution in [3.63, 3.8) is 0 Å². The molecule has 2 atom stereocenters. The summed E-state index contributed by atoms with van der Waals surface area (Å²) < 4.78 is 0. The third kappa shape index (κ3) is 5.16. The standard InChI is InChI=1S/C13H25N3O3/c1-9(2)6-14-13(19)15-12(18)7-16-5-4-10(3)11(16)8-17/h9-11,17H,4-8H2,1-3H3,(H2,14,15,18,19). The van der Waals surface area contributed by atoms with E-state index in [1.54, 1.807) is 0 Å². The summed E-state index contributed by atoms with van der Waals surface area (Å²) in [5.74, 6) is 0.403. The number of imide groups is 1. The van der Waals surface area contributed by atoms with Crippen molar-refractivity contribution in [3.05, 3.63) is 0 Å². The van der Waals surface area contributed by atoms with Gasteiger partial charge in [0.25, 0.3) is 0 Å². The van der Waals surface area contributed by atoms with E-state index in [0.717, 1.165) is 13.0 Å². The van der Waals surface area contributed by atoms with Crippen molar-refractivity contribution in [2.45, 2.75) is 33.2 Å². The Hall–Kier alpha value is -1.14. The van der Waals surface area contributed by atoms with Crippen LogP contribution < -0.4 is 10.6 Å². The monoisotopic (exact) mass is 271 g/mol. The molecule has 0 aromatic rings. The molecule has 1 saturated heterocycles. The number of urea groups is 1. The van der Waals surface area contributed by atoms with Gasteiger partial charge in [0.15, 0.2) is 0 Å². The molecule has 19 heavy (non-hydrogen) atoms. The third-order valence-corrected chi connectivity index (χ3v) is 3.46. The minimum atomic E-state index is -0.452. The van der Waals surface area contributed by atoms with Gasteiger partial charge in [-0.2, -0.15) is 0 Å². The summed E-state index contributed by atoms with van der Waals surface area (Å²) in [4.78, 5) is 25.1. The molecule has 0 bridgehead atoms. The molecule has 3 N–H and O–H groups in total. The minimum Gasteiger partial charge on any atom is -0.395 e. The van der Waals surface area contributed by atoms with Crippen molar-refractivity contribution in [3.8, 4) is 0 Å². The van der Waals surface area contributed by atoms with Gasteiger partial charge in [-0.05, 0) is 24.8 Å². The Morgan fingerprint density at radius 3 is 2.68 bits per heavy atom. The quantitative estimate of drug-likeness (QED) is 0.666. The van der Waals surface area contributed by atoms with Gasteiger partial charge in [-0.25, -0.2) is 4.79 Å². The average Bonchev–Trinajstić information content (AvgIpc) is 2.67. The highest BCUT2D eigenvalue weighted by atomic mass is 16.3. The largest absolute Gasteiger partial charge is 0.395 e. The first kappa shape index (κ1) is 15.9. The molecule has 1 rings (SSSR count). The number of likely N-dealkylation sites (tertiary alicyclic amines) is 1. The van der Waals surface area contributed by atoms with E-state index in [-0.39, 0.29) is 25.1 Å². The van der Waals surface area contributed by atoms with E-state index in [4.69, 9.17) is 0 Å². The van der Waals surface area contributed by atoms with Crippen LogP contribution in [0.2, 0.25) is 0 Å². The van der Waals surface area contributed by atoms with E-state index in [0.29, 0.717) is 18.4 Å². The van der Waals surface area contributed by atoms with E-state index >= 15 is 0 Å². The minimum absolute atomic E-state index is 0.0180. The summed E-state index contributed by atoms with van der Waals surface area (Å²) in [5.41, 5.74) is 0. The molecule has 6 heteroatoms. The number of carbonyl (C=O) groups excluding carboxylic acids is 2. The van der Waals surface area contributed by atoms with Crippen molar-refractivity contribution in [2.24, 2.45) is 11.8 Å². The highest BCUT2D eigenvalue weighted by Crippen LogP contribution is 2.22. The maximum Gasteiger partial charge on any atom is 0.321 e. The highest BCUT2D eigenvalue weighted by molar-refractivity contribution is 5.95. The summed E-state index contributed by atoms with van der Waals surface area (Å²) in [6.45, 7) is 7.57. The lowest BCUT2D eigenvalue weighted by atomic mass is 10.0. The van der Waals surface area contributed by atoms with Crippen molar-refractivity contribution >= 4 is 11.9 Å². The molecule has 110 valence electrons. The number of amides is 3. The molecule has 0 aliphatic carbocycles.